The van der Waals surface area contributed by atoms with E-state index in [2.05, 4.69) is 17.2 Å². The summed E-state index contributed by atoms with van der Waals surface area (Å²) in [6.45, 7) is 4.75. The van der Waals surface area contributed by atoms with Crippen LogP contribution in [-0.4, -0.2) is 55.8 Å². The molecule has 1 saturated carbocycles. The first-order valence-corrected chi connectivity index (χ1v) is 13.4. The van der Waals surface area contributed by atoms with E-state index in [1.807, 2.05) is 4.90 Å². The summed E-state index contributed by atoms with van der Waals surface area (Å²) >= 11 is 0. The molecule has 3 aliphatic rings. The molecule has 1 aliphatic carbocycles. The summed E-state index contributed by atoms with van der Waals surface area (Å²) in [5, 5.41) is 3.27. The van der Waals surface area contributed by atoms with E-state index < -0.39 is 10.0 Å². The van der Waals surface area contributed by atoms with Crippen LogP contribution in [0, 0.1) is 11.8 Å². The molecule has 0 spiro atoms. The normalized spacial score (nSPS) is 26.5. The second-order valence-corrected chi connectivity index (χ2v) is 11.4. The van der Waals surface area contributed by atoms with E-state index in [9.17, 15) is 13.2 Å². The van der Waals surface area contributed by atoms with Crippen LogP contribution in [0.5, 0.6) is 0 Å². The van der Waals surface area contributed by atoms with Gasteiger partial charge in [0.25, 0.3) is 0 Å². The van der Waals surface area contributed by atoms with Crippen molar-refractivity contribution < 1.29 is 13.2 Å². The van der Waals surface area contributed by atoms with E-state index in [4.69, 9.17) is 0 Å². The number of piperidine rings is 2. The fraction of sp³-hybridized carbons (Fsp3) is 0.739. The van der Waals surface area contributed by atoms with Crippen LogP contribution in [-0.2, 0) is 14.8 Å². The number of anilines is 1. The molecule has 0 unspecified atom stereocenters. The largest absolute Gasteiger partial charge is 0.355 e. The third-order valence-corrected chi connectivity index (χ3v) is 9.13. The van der Waals surface area contributed by atoms with Crippen LogP contribution in [0.25, 0.3) is 0 Å². The molecular formula is C23H36N4O3S. The van der Waals surface area contributed by atoms with E-state index in [1.165, 1.54) is 12.8 Å². The number of amides is 1. The van der Waals surface area contributed by atoms with Gasteiger partial charge in [-0.15, -0.1) is 0 Å². The molecule has 0 radical (unpaired) electrons. The summed E-state index contributed by atoms with van der Waals surface area (Å²) in [4.78, 5) is 19.6. The smallest absolute Gasteiger partial charge is 0.246 e. The highest BCUT2D eigenvalue weighted by atomic mass is 32.2. The number of hydrogen-bond donors (Lipinski definition) is 1. The lowest BCUT2D eigenvalue weighted by atomic mass is 9.86. The van der Waals surface area contributed by atoms with Crippen molar-refractivity contribution in [2.24, 2.45) is 11.8 Å². The van der Waals surface area contributed by atoms with Crippen molar-refractivity contribution in [2.45, 2.75) is 75.6 Å². The molecule has 1 aromatic heterocycles. The maximum atomic E-state index is 13.3. The van der Waals surface area contributed by atoms with Crippen molar-refractivity contribution in [1.82, 2.24) is 14.6 Å². The fourth-order valence-corrected chi connectivity index (χ4v) is 6.82. The molecule has 0 aromatic carbocycles. The quantitative estimate of drug-likeness (QED) is 0.748. The first kappa shape index (κ1) is 22.5. The molecule has 8 heteroatoms. The third-order valence-electron chi connectivity index (χ3n) is 7.21. The van der Waals surface area contributed by atoms with E-state index in [-0.39, 0.29) is 11.8 Å². The van der Waals surface area contributed by atoms with Crippen molar-refractivity contribution in [3.05, 3.63) is 18.3 Å². The number of aromatic nitrogens is 1. The molecule has 4 rings (SSSR count). The minimum Gasteiger partial charge on any atom is -0.355 e. The van der Waals surface area contributed by atoms with Gasteiger partial charge in [-0.25, -0.2) is 13.4 Å². The average molecular weight is 449 g/mol. The molecule has 172 valence electrons. The Hall–Kier alpha value is -1.67. The molecule has 3 fully saturated rings. The zero-order chi connectivity index (χ0) is 21.8. The predicted octanol–water partition coefficient (Wildman–Crippen LogP) is 3.17. The monoisotopic (exact) mass is 448 g/mol. The molecule has 31 heavy (non-hydrogen) atoms. The van der Waals surface area contributed by atoms with Crippen LogP contribution in [0.3, 0.4) is 0 Å². The van der Waals surface area contributed by atoms with Gasteiger partial charge in [-0.05, 0) is 69.4 Å². The Balaban J connectivity index is 1.38. The number of pyridine rings is 1. The first-order valence-electron chi connectivity index (χ1n) is 12.0. The highest BCUT2D eigenvalue weighted by Gasteiger charge is 2.33. The van der Waals surface area contributed by atoms with Gasteiger partial charge in [0.2, 0.25) is 15.9 Å². The van der Waals surface area contributed by atoms with E-state index in [0.717, 1.165) is 50.9 Å². The highest BCUT2D eigenvalue weighted by Crippen LogP contribution is 2.31. The van der Waals surface area contributed by atoms with Gasteiger partial charge < -0.3 is 10.2 Å². The van der Waals surface area contributed by atoms with Crippen molar-refractivity contribution >= 4 is 21.7 Å². The number of nitrogens with one attached hydrogen (secondary N) is 1. The lowest BCUT2D eigenvalue weighted by molar-refractivity contribution is -0.126. The number of rotatable bonds is 5. The lowest BCUT2D eigenvalue weighted by Crippen LogP contribution is -2.45. The number of carbonyl (C=O) groups is 1. The zero-order valence-corrected chi connectivity index (χ0v) is 19.4. The molecule has 7 nitrogen and oxygen atoms in total. The molecule has 0 atom stereocenters. The fourth-order valence-electron chi connectivity index (χ4n) is 5.14. The van der Waals surface area contributed by atoms with Gasteiger partial charge in [0.15, 0.2) is 0 Å². The van der Waals surface area contributed by atoms with Gasteiger partial charge in [-0.3, -0.25) is 4.79 Å². The molecule has 1 N–H and O–H groups in total. The molecule has 0 bridgehead atoms. The van der Waals surface area contributed by atoms with Crippen molar-refractivity contribution in [2.75, 3.05) is 31.1 Å². The number of nitrogens with zero attached hydrogens (tertiary/aromatic N) is 3. The molecular weight excluding hydrogens is 412 g/mol. The van der Waals surface area contributed by atoms with Crippen molar-refractivity contribution in [1.29, 1.82) is 0 Å². The summed E-state index contributed by atoms with van der Waals surface area (Å²) in [7, 11) is -3.55. The van der Waals surface area contributed by atoms with Crippen LogP contribution in [0.4, 0.5) is 5.82 Å². The summed E-state index contributed by atoms with van der Waals surface area (Å²) in [6, 6.07) is 3.69. The van der Waals surface area contributed by atoms with Crippen molar-refractivity contribution in [3.63, 3.8) is 0 Å². The second-order valence-electron chi connectivity index (χ2n) is 9.52. The minimum atomic E-state index is -3.55. The Morgan fingerprint density at radius 3 is 2.35 bits per heavy atom. The zero-order valence-electron chi connectivity index (χ0n) is 18.6. The maximum Gasteiger partial charge on any atom is 0.246 e. The number of carbonyl (C=O) groups excluding carboxylic acids is 1. The molecule has 2 saturated heterocycles. The lowest BCUT2D eigenvalue weighted by Gasteiger charge is -2.35. The van der Waals surface area contributed by atoms with Crippen LogP contribution < -0.4 is 10.2 Å². The Bertz CT molecular complexity index is 853. The summed E-state index contributed by atoms with van der Waals surface area (Å²) in [5.74, 6) is 1.47. The van der Waals surface area contributed by atoms with Crippen LogP contribution in [0.2, 0.25) is 0 Å². The predicted molar refractivity (Wildman–Crippen MR) is 121 cm³/mol. The highest BCUT2D eigenvalue weighted by molar-refractivity contribution is 7.89. The van der Waals surface area contributed by atoms with Gasteiger partial charge in [0.1, 0.15) is 10.7 Å². The SMILES string of the molecule is CC1CCC(NC(=O)C2CCN(c3ncccc3S(=O)(=O)N3CCCCC3)CC2)CC1. The van der Waals surface area contributed by atoms with Gasteiger partial charge in [0, 0.05) is 44.3 Å². The minimum absolute atomic E-state index is 0.00136. The number of sulfonamides is 1. The van der Waals surface area contributed by atoms with Crippen LogP contribution >= 0.6 is 0 Å². The second kappa shape index (κ2) is 9.86. The summed E-state index contributed by atoms with van der Waals surface area (Å²) in [5.41, 5.74) is 0. The first-order chi connectivity index (χ1) is 14.9. The van der Waals surface area contributed by atoms with E-state index in [0.29, 0.717) is 42.9 Å². The maximum absolute atomic E-state index is 13.3. The topological polar surface area (TPSA) is 82.6 Å². The molecule has 1 aromatic rings. The Kier molecular flexibility index (Phi) is 7.16. The van der Waals surface area contributed by atoms with Crippen LogP contribution in [0.1, 0.15) is 64.7 Å². The van der Waals surface area contributed by atoms with Gasteiger partial charge in [0.05, 0.1) is 0 Å². The third kappa shape index (κ3) is 5.22. The van der Waals surface area contributed by atoms with Gasteiger partial charge >= 0.3 is 0 Å². The van der Waals surface area contributed by atoms with Crippen LogP contribution in [0.15, 0.2) is 23.2 Å². The Labute approximate surface area is 186 Å². The van der Waals surface area contributed by atoms with E-state index >= 15 is 0 Å². The van der Waals surface area contributed by atoms with Gasteiger partial charge in [-0.2, -0.15) is 4.31 Å². The number of hydrogen-bond acceptors (Lipinski definition) is 5. The average Bonchev–Trinajstić information content (AvgIpc) is 2.81. The van der Waals surface area contributed by atoms with E-state index in [1.54, 1.807) is 22.6 Å². The Morgan fingerprint density at radius 1 is 1.00 bits per heavy atom. The summed E-state index contributed by atoms with van der Waals surface area (Å²) in [6.07, 6.45) is 10.6. The van der Waals surface area contributed by atoms with Gasteiger partial charge in [-0.1, -0.05) is 13.3 Å². The standard InChI is InChI=1S/C23H36N4O3S/c1-18-7-9-20(10-8-18)25-23(28)19-11-16-26(17-12-19)22-21(6-5-13-24-22)31(29,30)27-14-3-2-4-15-27/h5-6,13,18-20H,2-4,7-12,14-17H2,1H3,(H,25,28). The molecule has 2 aliphatic heterocycles. The van der Waals surface area contributed by atoms with Crippen molar-refractivity contribution in [3.8, 4) is 0 Å². The summed E-state index contributed by atoms with van der Waals surface area (Å²) < 4.78 is 28.1. The molecule has 3 heterocycles. The molecule has 1 amide bonds. The Morgan fingerprint density at radius 2 is 1.68 bits per heavy atom.